The molecule has 1 saturated carbocycles. The van der Waals surface area contributed by atoms with E-state index in [0.717, 1.165) is 23.2 Å². The lowest BCUT2D eigenvalue weighted by Gasteiger charge is -2.09. The molecule has 152 valence electrons. The fourth-order valence-corrected chi connectivity index (χ4v) is 2.76. The monoisotopic (exact) mass is 407 g/mol. The van der Waals surface area contributed by atoms with E-state index >= 15 is 0 Å². The van der Waals surface area contributed by atoms with Crippen LogP contribution in [-0.4, -0.2) is 36.0 Å². The van der Waals surface area contributed by atoms with Gasteiger partial charge in [-0.25, -0.2) is 0 Å². The molecule has 3 aromatic rings. The van der Waals surface area contributed by atoms with Crippen LogP contribution >= 0.6 is 0 Å². The molecular formula is C17H16F3N7O2. The number of rotatable bonds is 5. The van der Waals surface area contributed by atoms with E-state index in [1.165, 1.54) is 13.2 Å². The molecule has 1 amide bonds. The van der Waals surface area contributed by atoms with Crippen molar-refractivity contribution in [2.24, 2.45) is 7.05 Å². The normalized spacial score (nSPS) is 15.3. The van der Waals surface area contributed by atoms with Gasteiger partial charge in [-0.2, -0.15) is 33.5 Å². The summed E-state index contributed by atoms with van der Waals surface area (Å²) in [6.07, 6.45) is -0.981. The number of alkyl halides is 3. The first-order valence-electron chi connectivity index (χ1n) is 8.81. The van der Waals surface area contributed by atoms with E-state index in [1.807, 2.05) is 6.07 Å². The van der Waals surface area contributed by atoms with Crippen molar-refractivity contribution in [2.75, 3.05) is 0 Å². The van der Waals surface area contributed by atoms with Gasteiger partial charge in [-0.3, -0.25) is 9.48 Å². The Morgan fingerprint density at radius 2 is 2.10 bits per heavy atom. The number of aromatic nitrogens is 6. The van der Waals surface area contributed by atoms with Crippen LogP contribution in [0.3, 0.4) is 0 Å². The van der Waals surface area contributed by atoms with Gasteiger partial charge in [0.15, 0.2) is 5.69 Å². The van der Waals surface area contributed by atoms with Crippen molar-refractivity contribution in [2.45, 2.75) is 37.9 Å². The van der Waals surface area contributed by atoms with Crippen LogP contribution < -0.4 is 5.32 Å². The summed E-state index contributed by atoms with van der Waals surface area (Å²) in [5.41, 5.74) is 0.120. The van der Waals surface area contributed by atoms with Gasteiger partial charge >= 0.3 is 6.18 Å². The zero-order valence-corrected chi connectivity index (χ0v) is 15.4. The number of carbonyl (C=O) groups excluding carboxylic acids is 1. The van der Waals surface area contributed by atoms with Crippen LogP contribution in [0.5, 0.6) is 0 Å². The molecule has 3 aromatic heterocycles. The molecule has 1 unspecified atom stereocenters. The molecule has 4 rings (SSSR count). The van der Waals surface area contributed by atoms with Gasteiger partial charge in [-0.05, 0) is 25.8 Å². The molecule has 0 saturated heterocycles. The largest absolute Gasteiger partial charge is 0.435 e. The maximum atomic E-state index is 12.8. The molecule has 1 atom stereocenters. The molecule has 0 aliphatic heterocycles. The quantitative estimate of drug-likeness (QED) is 0.692. The van der Waals surface area contributed by atoms with Crippen LogP contribution in [0.1, 0.15) is 59.5 Å². The van der Waals surface area contributed by atoms with Crippen LogP contribution in [0.15, 0.2) is 22.9 Å². The molecule has 1 aliphatic rings. The summed E-state index contributed by atoms with van der Waals surface area (Å²) in [7, 11) is 1.26. The molecule has 3 heterocycles. The fraction of sp³-hybridized carbons (Fsp3) is 0.412. The molecule has 1 aliphatic carbocycles. The Morgan fingerprint density at radius 3 is 2.76 bits per heavy atom. The van der Waals surface area contributed by atoms with Crippen LogP contribution in [0, 0.1) is 0 Å². The Labute approximate surface area is 162 Å². The van der Waals surface area contributed by atoms with Gasteiger partial charge in [0.2, 0.25) is 11.7 Å². The van der Waals surface area contributed by atoms with Gasteiger partial charge in [0, 0.05) is 24.6 Å². The van der Waals surface area contributed by atoms with Crippen molar-refractivity contribution in [3.05, 3.63) is 41.3 Å². The summed E-state index contributed by atoms with van der Waals surface area (Å²) >= 11 is 0. The fourth-order valence-electron chi connectivity index (χ4n) is 2.76. The third-order valence-corrected chi connectivity index (χ3v) is 4.49. The maximum absolute atomic E-state index is 12.8. The zero-order valence-electron chi connectivity index (χ0n) is 15.4. The zero-order chi connectivity index (χ0) is 20.8. The Balaban J connectivity index is 1.48. The van der Waals surface area contributed by atoms with Crippen LogP contribution in [0.25, 0.3) is 11.4 Å². The average molecular weight is 407 g/mol. The van der Waals surface area contributed by atoms with Crippen molar-refractivity contribution in [3.63, 3.8) is 0 Å². The summed E-state index contributed by atoms with van der Waals surface area (Å²) in [6, 6.07) is 1.80. The number of nitrogens with zero attached hydrogens (tertiary/aromatic N) is 6. The van der Waals surface area contributed by atoms with Gasteiger partial charge < -0.3 is 9.84 Å². The van der Waals surface area contributed by atoms with Gasteiger partial charge in [-0.15, -0.1) is 0 Å². The highest BCUT2D eigenvalue weighted by Crippen LogP contribution is 2.39. The Kier molecular flexibility index (Phi) is 4.55. The predicted molar refractivity (Wildman–Crippen MR) is 91.4 cm³/mol. The van der Waals surface area contributed by atoms with E-state index in [9.17, 15) is 18.0 Å². The lowest BCUT2D eigenvalue weighted by molar-refractivity contribution is -0.141. The summed E-state index contributed by atoms with van der Waals surface area (Å²) in [4.78, 5) is 16.6. The van der Waals surface area contributed by atoms with Gasteiger partial charge in [0.25, 0.3) is 5.91 Å². The molecule has 0 aromatic carbocycles. The summed E-state index contributed by atoms with van der Waals surface area (Å²) in [5.74, 6) is 0.0611. The molecule has 0 spiro atoms. The Bertz CT molecular complexity index is 1060. The number of hydrogen-bond donors (Lipinski definition) is 1. The second kappa shape index (κ2) is 6.94. The Morgan fingerprint density at radius 1 is 1.34 bits per heavy atom. The minimum absolute atomic E-state index is 0.108. The van der Waals surface area contributed by atoms with Gasteiger partial charge in [0.1, 0.15) is 11.7 Å². The molecule has 12 heteroatoms. The molecule has 29 heavy (non-hydrogen) atoms. The summed E-state index contributed by atoms with van der Waals surface area (Å²) in [5, 5.41) is 17.8. The maximum Gasteiger partial charge on any atom is 0.435 e. The van der Waals surface area contributed by atoms with Gasteiger partial charge in [-0.1, -0.05) is 5.16 Å². The van der Waals surface area contributed by atoms with Crippen molar-refractivity contribution in [3.8, 4) is 11.4 Å². The van der Waals surface area contributed by atoms with E-state index < -0.39 is 23.8 Å². The second-order valence-electron chi connectivity index (χ2n) is 6.83. The molecule has 9 nitrogen and oxygen atoms in total. The van der Waals surface area contributed by atoms with E-state index in [4.69, 9.17) is 4.52 Å². The molecule has 0 bridgehead atoms. The highest BCUT2D eigenvalue weighted by atomic mass is 19.4. The molecule has 0 radical (unpaired) electrons. The lowest BCUT2D eigenvalue weighted by atomic mass is 10.2. The Hall–Kier alpha value is -3.31. The minimum atomic E-state index is -4.64. The average Bonchev–Trinajstić information content (AvgIpc) is 3.25. The van der Waals surface area contributed by atoms with E-state index in [-0.39, 0.29) is 17.4 Å². The minimum Gasteiger partial charge on any atom is -0.339 e. The number of carbonyl (C=O) groups is 1. The molecule has 1 N–H and O–H groups in total. The molecular weight excluding hydrogens is 391 g/mol. The summed E-state index contributed by atoms with van der Waals surface area (Å²) < 4.78 is 44.4. The van der Waals surface area contributed by atoms with Crippen LogP contribution in [0.4, 0.5) is 13.2 Å². The van der Waals surface area contributed by atoms with Crippen molar-refractivity contribution >= 4 is 5.91 Å². The number of halogens is 3. The van der Waals surface area contributed by atoms with Crippen molar-refractivity contribution < 1.29 is 22.5 Å². The summed E-state index contributed by atoms with van der Waals surface area (Å²) in [6.45, 7) is 1.58. The predicted octanol–water partition coefficient (Wildman–Crippen LogP) is 2.65. The SMILES string of the molecule is CC(NC(=O)c1cc(C(F)(F)F)nn1C)c1nc(-c2cnnc(C3CC3)c2)no1. The highest BCUT2D eigenvalue weighted by Gasteiger charge is 2.35. The van der Waals surface area contributed by atoms with E-state index in [2.05, 4.69) is 30.8 Å². The second-order valence-corrected chi connectivity index (χ2v) is 6.83. The highest BCUT2D eigenvalue weighted by molar-refractivity contribution is 5.92. The van der Waals surface area contributed by atoms with Crippen LogP contribution in [0.2, 0.25) is 0 Å². The lowest BCUT2D eigenvalue weighted by Crippen LogP contribution is -2.28. The van der Waals surface area contributed by atoms with Crippen LogP contribution in [-0.2, 0) is 13.2 Å². The van der Waals surface area contributed by atoms with E-state index in [0.29, 0.717) is 17.5 Å². The first-order valence-corrected chi connectivity index (χ1v) is 8.81. The van der Waals surface area contributed by atoms with E-state index in [1.54, 1.807) is 6.92 Å². The standard InChI is InChI=1S/C17H16F3N7O2/c1-8(22-15(28)12-6-13(17(18,19)20)25-27(12)2)16-23-14(26-29-16)10-5-11(9-3-4-9)24-21-7-10/h5-9H,3-4H2,1-2H3,(H,22,28). The number of nitrogens with one attached hydrogen (secondary N) is 1. The topological polar surface area (TPSA) is 112 Å². The third-order valence-electron chi connectivity index (χ3n) is 4.49. The smallest absolute Gasteiger partial charge is 0.339 e. The first kappa shape index (κ1) is 19.0. The number of amides is 1. The van der Waals surface area contributed by atoms with Crippen molar-refractivity contribution in [1.82, 2.24) is 35.4 Å². The molecule has 1 fully saturated rings. The van der Waals surface area contributed by atoms with Gasteiger partial charge in [0.05, 0.1) is 11.9 Å². The first-order chi connectivity index (χ1) is 13.7. The number of aryl methyl sites for hydroxylation is 1. The van der Waals surface area contributed by atoms with Crippen molar-refractivity contribution in [1.29, 1.82) is 0 Å². The third kappa shape index (κ3) is 3.96. The number of hydrogen-bond acceptors (Lipinski definition) is 7.